The maximum atomic E-state index is 5.44. The molecule has 5 heteroatoms. The van der Waals surface area contributed by atoms with Crippen LogP contribution >= 0.6 is 0 Å². The number of aromatic nitrogens is 2. The van der Waals surface area contributed by atoms with E-state index in [4.69, 9.17) is 9.47 Å². The van der Waals surface area contributed by atoms with Gasteiger partial charge in [0.1, 0.15) is 0 Å². The number of aromatic amines is 1. The van der Waals surface area contributed by atoms with Crippen LogP contribution in [0.1, 0.15) is 29.9 Å². The number of ether oxygens (including phenoxy) is 2. The highest BCUT2D eigenvalue weighted by molar-refractivity contribution is 5.68. The van der Waals surface area contributed by atoms with E-state index in [9.17, 15) is 0 Å². The Morgan fingerprint density at radius 1 is 1.26 bits per heavy atom. The number of morpholine rings is 1. The van der Waals surface area contributed by atoms with Crippen molar-refractivity contribution in [1.82, 2.24) is 15.1 Å². The van der Waals surface area contributed by atoms with Crippen LogP contribution in [0, 0.1) is 6.92 Å². The molecule has 2 heterocycles. The van der Waals surface area contributed by atoms with Crippen molar-refractivity contribution < 1.29 is 9.47 Å². The van der Waals surface area contributed by atoms with E-state index in [1.165, 1.54) is 11.1 Å². The molecule has 1 aliphatic rings. The molecule has 0 spiro atoms. The molecule has 0 amide bonds. The quantitative estimate of drug-likeness (QED) is 0.922. The third kappa shape index (κ3) is 3.47. The van der Waals surface area contributed by atoms with Gasteiger partial charge in [-0.05, 0) is 25.0 Å². The summed E-state index contributed by atoms with van der Waals surface area (Å²) in [7, 11) is 1.70. The van der Waals surface area contributed by atoms with Gasteiger partial charge in [-0.15, -0.1) is 0 Å². The minimum Gasteiger partial charge on any atom is -0.379 e. The van der Waals surface area contributed by atoms with Gasteiger partial charge in [-0.25, -0.2) is 0 Å². The average Bonchev–Trinajstić information content (AvgIpc) is 2.96. The van der Waals surface area contributed by atoms with E-state index in [-0.39, 0.29) is 0 Å². The lowest BCUT2D eigenvalue weighted by Gasteiger charge is -2.32. The lowest BCUT2D eigenvalue weighted by molar-refractivity contribution is 0.0198. The molecule has 124 valence electrons. The van der Waals surface area contributed by atoms with Crippen molar-refractivity contribution in [3.05, 3.63) is 41.2 Å². The van der Waals surface area contributed by atoms with E-state index in [0.717, 1.165) is 43.3 Å². The van der Waals surface area contributed by atoms with Crippen LogP contribution in [0.2, 0.25) is 0 Å². The van der Waals surface area contributed by atoms with Gasteiger partial charge in [-0.1, -0.05) is 24.3 Å². The normalized spacial score (nSPS) is 17.3. The Labute approximate surface area is 137 Å². The van der Waals surface area contributed by atoms with Crippen LogP contribution in [0.5, 0.6) is 0 Å². The molecule has 23 heavy (non-hydrogen) atoms. The van der Waals surface area contributed by atoms with E-state index in [1.807, 2.05) is 6.92 Å². The number of hydrogen-bond acceptors (Lipinski definition) is 4. The summed E-state index contributed by atoms with van der Waals surface area (Å²) in [5.41, 5.74) is 5.70. The van der Waals surface area contributed by atoms with Gasteiger partial charge in [0.25, 0.3) is 0 Å². The van der Waals surface area contributed by atoms with Crippen LogP contribution in [-0.4, -0.2) is 48.5 Å². The number of nitrogens with one attached hydrogen (secondary N) is 1. The van der Waals surface area contributed by atoms with Gasteiger partial charge in [0.05, 0.1) is 25.5 Å². The van der Waals surface area contributed by atoms with E-state index < -0.39 is 0 Å². The predicted molar refractivity (Wildman–Crippen MR) is 90.3 cm³/mol. The molecular formula is C18H25N3O2. The topological polar surface area (TPSA) is 50.4 Å². The summed E-state index contributed by atoms with van der Waals surface area (Å²) in [6, 6.07) is 9.22. The Morgan fingerprint density at radius 3 is 2.61 bits per heavy atom. The van der Waals surface area contributed by atoms with Crippen LogP contribution in [0.4, 0.5) is 0 Å². The Kier molecular flexibility index (Phi) is 5.10. The highest BCUT2D eigenvalue weighted by Gasteiger charge is 2.19. The second-order valence-electron chi connectivity index (χ2n) is 6.05. The van der Waals surface area contributed by atoms with Crippen LogP contribution in [0.15, 0.2) is 24.3 Å². The van der Waals surface area contributed by atoms with E-state index in [0.29, 0.717) is 12.6 Å². The summed E-state index contributed by atoms with van der Waals surface area (Å²) in [4.78, 5) is 2.47. The van der Waals surface area contributed by atoms with Gasteiger partial charge < -0.3 is 9.47 Å². The number of methoxy groups -OCH3 is 1. The molecule has 1 aromatic carbocycles. The SMILES string of the molecule is COCc1n[nH]c(C)c1-c1ccc([C@H](C)N2CCOCC2)cc1. The standard InChI is InChI=1S/C18H25N3O2/c1-13-18(17(12-22-3)20-19-13)16-6-4-15(5-7-16)14(2)21-8-10-23-11-9-21/h4-7,14H,8-12H2,1-3H3,(H,19,20)/t14-/m0/s1. The van der Waals surface area contributed by atoms with Gasteiger partial charge in [-0.2, -0.15) is 5.10 Å². The summed E-state index contributed by atoms with van der Waals surface area (Å²) in [5.74, 6) is 0. The van der Waals surface area contributed by atoms with E-state index in [1.54, 1.807) is 7.11 Å². The number of hydrogen-bond donors (Lipinski definition) is 1. The summed E-state index contributed by atoms with van der Waals surface area (Å²) in [6.07, 6.45) is 0. The number of rotatable bonds is 5. The van der Waals surface area contributed by atoms with Crippen molar-refractivity contribution >= 4 is 0 Å². The maximum absolute atomic E-state index is 5.44. The van der Waals surface area contributed by atoms with Crippen LogP contribution in [0.3, 0.4) is 0 Å². The van der Waals surface area contributed by atoms with Crippen LogP contribution < -0.4 is 0 Å². The summed E-state index contributed by atoms with van der Waals surface area (Å²) < 4.78 is 10.7. The fourth-order valence-electron chi connectivity index (χ4n) is 3.21. The first-order valence-corrected chi connectivity index (χ1v) is 8.15. The van der Waals surface area contributed by atoms with E-state index in [2.05, 4.69) is 46.3 Å². The average molecular weight is 315 g/mol. The summed E-state index contributed by atoms with van der Waals surface area (Å²) in [5, 5.41) is 7.40. The number of H-pyrrole nitrogens is 1. The maximum Gasteiger partial charge on any atom is 0.0960 e. The molecule has 1 N–H and O–H groups in total. The van der Waals surface area contributed by atoms with Crippen molar-refractivity contribution in [3.8, 4) is 11.1 Å². The first-order chi connectivity index (χ1) is 11.2. The molecule has 0 saturated carbocycles. The highest BCUT2D eigenvalue weighted by atomic mass is 16.5. The molecule has 0 aliphatic carbocycles. The molecule has 0 unspecified atom stereocenters. The molecule has 3 rings (SSSR count). The number of aryl methyl sites for hydroxylation is 1. The third-order valence-corrected chi connectivity index (χ3v) is 4.58. The van der Waals surface area contributed by atoms with Crippen LogP contribution in [0.25, 0.3) is 11.1 Å². The zero-order valence-corrected chi connectivity index (χ0v) is 14.1. The lowest BCUT2D eigenvalue weighted by atomic mass is 9.99. The molecule has 1 aromatic heterocycles. The number of nitrogens with zero attached hydrogens (tertiary/aromatic N) is 2. The van der Waals surface area contributed by atoms with Gasteiger partial charge in [0, 0.05) is 37.5 Å². The molecular weight excluding hydrogens is 290 g/mol. The largest absolute Gasteiger partial charge is 0.379 e. The monoisotopic (exact) mass is 315 g/mol. The summed E-state index contributed by atoms with van der Waals surface area (Å²) >= 11 is 0. The van der Waals surface area contributed by atoms with Gasteiger partial charge in [-0.3, -0.25) is 10.00 Å². The Hall–Kier alpha value is -1.69. The molecule has 0 radical (unpaired) electrons. The molecule has 2 aromatic rings. The Morgan fingerprint density at radius 2 is 1.96 bits per heavy atom. The second kappa shape index (κ2) is 7.25. The first-order valence-electron chi connectivity index (χ1n) is 8.15. The van der Waals surface area contributed by atoms with E-state index >= 15 is 0 Å². The zero-order valence-electron chi connectivity index (χ0n) is 14.1. The Bertz CT molecular complexity index is 630. The van der Waals surface area contributed by atoms with Gasteiger partial charge in [0.2, 0.25) is 0 Å². The van der Waals surface area contributed by atoms with Crippen molar-refractivity contribution in [2.75, 3.05) is 33.4 Å². The van der Waals surface area contributed by atoms with Crippen molar-refractivity contribution in [2.24, 2.45) is 0 Å². The zero-order chi connectivity index (χ0) is 16.2. The fourth-order valence-corrected chi connectivity index (χ4v) is 3.21. The van der Waals surface area contributed by atoms with Crippen molar-refractivity contribution in [2.45, 2.75) is 26.5 Å². The molecule has 1 saturated heterocycles. The molecule has 1 aliphatic heterocycles. The van der Waals surface area contributed by atoms with Crippen molar-refractivity contribution in [3.63, 3.8) is 0 Å². The smallest absolute Gasteiger partial charge is 0.0960 e. The van der Waals surface area contributed by atoms with Gasteiger partial charge >= 0.3 is 0 Å². The molecule has 5 nitrogen and oxygen atoms in total. The Balaban J connectivity index is 1.80. The molecule has 1 atom stereocenters. The first kappa shape index (κ1) is 16.2. The van der Waals surface area contributed by atoms with Crippen LogP contribution in [-0.2, 0) is 16.1 Å². The molecule has 1 fully saturated rings. The minimum atomic E-state index is 0.414. The highest BCUT2D eigenvalue weighted by Crippen LogP contribution is 2.29. The summed E-state index contributed by atoms with van der Waals surface area (Å²) in [6.45, 7) is 8.49. The van der Waals surface area contributed by atoms with Crippen molar-refractivity contribution in [1.29, 1.82) is 0 Å². The lowest BCUT2D eigenvalue weighted by Crippen LogP contribution is -2.37. The minimum absolute atomic E-state index is 0.414. The second-order valence-corrected chi connectivity index (χ2v) is 6.05. The third-order valence-electron chi connectivity index (χ3n) is 4.58. The van der Waals surface area contributed by atoms with Gasteiger partial charge in [0.15, 0.2) is 0 Å². The number of benzene rings is 1. The molecule has 0 bridgehead atoms. The predicted octanol–water partition coefficient (Wildman–Crippen LogP) is 2.92. The fraction of sp³-hybridized carbons (Fsp3) is 0.500.